The van der Waals surface area contributed by atoms with Crippen molar-refractivity contribution >= 4 is 35.0 Å². The van der Waals surface area contributed by atoms with Crippen LogP contribution in [0.2, 0.25) is 10.0 Å². The molecule has 120 valence electrons. The normalized spacial score (nSPS) is 11.9. The summed E-state index contributed by atoms with van der Waals surface area (Å²) in [7, 11) is 0. The number of imidazole rings is 1. The topological polar surface area (TPSA) is 41.6 Å². The van der Waals surface area contributed by atoms with Crippen molar-refractivity contribution in [2.75, 3.05) is 0 Å². The van der Waals surface area contributed by atoms with Crippen molar-refractivity contribution in [3.8, 4) is 6.07 Å². The molecule has 0 radical (unpaired) electrons. The first-order valence-electron chi connectivity index (χ1n) is 7.23. The van der Waals surface area contributed by atoms with E-state index in [1.165, 1.54) is 0 Å². The van der Waals surface area contributed by atoms with Gasteiger partial charge in [-0.15, -0.1) is 11.8 Å². The van der Waals surface area contributed by atoms with Crippen molar-refractivity contribution in [2.45, 2.75) is 16.7 Å². The Bertz CT molecular complexity index is 855. The molecule has 0 aliphatic heterocycles. The Balaban J connectivity index is 1.90. The quantitative estimate of drug-likeness (QED) is 0.546. The Morgan fingerprint density at radius 2 is 1.96 bits per heavy atom. The molecule has 3 rings (SSSR count). The molecule has 0 aliphatic rings. The second kappa shape index (κ2) is 7.76. The van der Waals surface area contributed by atoms with Crippen molar-refractivity contribution in [3.05, 3.63) is 82.4 Å². The lowest BCUT2D eigenvalue weighted by Crippen LogP contribution is -2.05. The average molecular weight is 374 g/mol. The van der Waals surface area contributed by atoms with E-state index in [0.717, 1.165) is 17.0 Å². The molecule has 2 aromatic carbocycles. The predicted octanol–water partition coefficient (Wildman–Crippen LogP) is 5.60. The second-order valence-corrected chi connectivity index (χ2v) is 7.26. The molecule has 1 unspecified atom stereocenters. The number of nitriles is 1. The standard InChI is InChI=1S/C18H13Cl2N3S/c19-15-5-6-17(16(20)9-15)24-18(11-23-8-7-22-12-23)14-3-1-13(10-21)2-4-14/h1-9,12,18H,11H2. The Morgan fingerprint density at radius 1 is 1.17 bits per heavy atom. The molecule has 0 amide bonds. The van der Waals surface area contributed by atoms with E-state index in [-0.39, 0.29) is 5.25 Å². The molecular weight excluding hydrogens is 361 g/mol. The monoisotopic (exact) mass is 373 g/mol. The molecule has 0 bridgehead atoms. The molecule has 0 N–H and O–H groups in total. The molecule has 0 saturated heterocycles. The van der Waals surface area contributed by atoms with Crippen molar-refractivity contribution in [1.29, 1.82) is 5.26 Å². The summed E-state index contributed by atoms with van der Waals surface area (Å²) in [6.45, 7) is 0.746. The molecule has 3 aromatic rings. The van der Waals surface area contributed by atoms with E-state index >= 15 is 0 Å². The van der Waals surface area contributed by atoms with Crippen LogP contribution in [0, 0.1) is 11.3 Å². The van der Waals surface area contributed by atoms with Gasteiger partial charge < -0.3 is 4.57 Å². The molecular formula is C18H13Cl2N3S. The highest BCUT2D eigenvalue weighted by Crippen LogP contribution is 2.40. The lowest BCUT2D eigenvalue weighted by molar-refractivity contribution is 0.683. The molecule has 0 aliphatic carbocycles. The van der Waals surface area contributed by atoms with Gasteiger partial charge >= 0.3 is 0 Å². The van der Waals surface area contributed by atoms with Gasteiger partial charge in [-0.25, -0.2) is 4.98 Å². The third-order valence-electron chi connectivity index (χ3n) is 3.51. The smallest absolute Gasteiger partial charge is 0.0991 e. The van der Waals surface area contributed by atoms with Gasteiger partial charge in [-0.1, -0.05) is 35.3 Å². The zero-order chi connectivity index (χ0) is 16.9. The van der Waals surface area contributed by atoms with Gasteiger partial charge in [0.2, 0.25) is 0 Å². The Morgan fingerprint density at radius 3 is 2.58 bits per heavy atom. The van der Waals surface area contributed by atoms with E-state index in [1.807, 2.05) is 47.2 Å². The Labute approximate surface area is 154 Å². The molecule has 0 fully saturated rings. The molecule has 0 spiro atoms. The Kier molecular flexibility index (Phi) is 5.47. The minimum Gasteiger partial charge on any atom is -0.336 e. The summed E-state index contributed by atoms with van der Waals surface area (Å²) in [4.78, 5) is 5.07. The summed E-state index contributed by atoms with van der Waals surface area (Å²) in [5, 5.41) is 10.4. The SMILES string of the molecule is N#Cc1ccc(C(Cn2ccnc2)Sc2ccc(Cl)cc2Cl)cc1. The minimum atomic E-state index is 0.130. The van der Waals surface area contributed by atoms with Crippen molar-refractivity contribution in [3.63, 3.8) is 0 Å². The summed E-state index contributed by atoms with van der Waals surface area (Å²) in [5.74, 6) is 0. The summed E-state index contributed by atoms with van der Waals surface area (Å²) < 4.78 is 2.03. The van der Waals surface area contributed by atoms with E-state index in [0.29, 0.717) is 15.6 Å². The maximum absolute atomic E-state index is 8.97. The number of thioether (sulfide) groups is 1. The van der Waals surface area contributed by atoms with Crippen LogP contribution in [0.3, 0.4) is 0 Å². The van der Waals surface area contributed by atoms with Crippen LogP contribution in [0.1, 0.15) is 16.4 Å². The molecule has 1 heterocycles. The van der Waals surface area contributed by atoms with Gasteiger partial charge in [-0.2, -0.15) is 5.26 Å². The van der Waals surface area contributed by atoms with E-state index in [1.54, 1.807) is 30.4 Å². The first-order valence-corrected chi connectivity index (χ1v) is 8.87. The van der Waals surface area contributed by atoms with Crippen LogP contribution in [-0.2, 0) is 6.54 Å². The minimum absolute atomic E-state index is 0.130. The largest absolute Gasteiger partial charge is 0.336 e. The van der Waals surface area contributed by atoms with Crippen molar-refractivity contribution < 1.29 is 0 Å². The van der Waals surface area contributed by atoms with Gasteiger partial charge in [0.1, 0.15) is 0 Å². The molecule has 6 heteroatoms. The summed E-state index contributed by atoms with van der Waals surface area (Å²) >= 11 is 14.0. The molecule has 1 atom stereocenters. The third-order valence-corrected chi connectivity index (χ3v) is 5.49. The number of halogens is 2. The maximum Gasteiger partial charge on any atom is 0.0991 e. The summed E-state index contributed by atoms with van der Waals surface area (Å²) in [5.41, 5.74) is 1.77. The lowest BCUT2D eigenvalue weighted by atomic mass is 10.1. The van der Waals surface area contributed by atoms with Crippen LogP contribution in [0.25, 0.3) is 0 Å². The van der Waals surface area contributed by atoms with Crippen LogP contribution >= 0.6 is 35.0 Å². The maximum atomic E-state index is 8.97. The van der Waals surface area contributed by atoms with Crippen LogP contribution < -0.4 is 0 Å². The van der Waals surface area contributed by atoms with Crippen molar-refractivity contribution in [2.24, 2.45) is 0 Å². The predicted molar refractivity (Wildman–Crippen MR) is 98.4 cm³/mol. The zero-order valence-electron chi connectivity index (χ0n) is 12.6. The number of nitrogens with zero attached hydrogens (tertiary/aromatic N) is 3. The number of aromatic nitrogens is 2. The van der Waals surface area contributed by atoms with Crippen molar-refractivity contribution in [1.82, 2.24) is 9.55 Å². The van der Waals surface area contributed by atoms with Gasteiger partial charge in [0, 0.05) is 28.9 Å². The summed E-state index contributed by atoms with van der Waals surface area (Å²) in [6.07, 6.45) is 5.48. The van der Waals surface area contributed by atoms with Gasteiger partial charge in [0.05, 0.1) is 28.2 Å². The van der Waals surface area contributed by atoms with E-state index in [4.69, 9.17) is 28.5 Å². The average Bonchev–Trinajstić information content (AvgIpc) is 3.10. The van der Waals surface area contributed by atoms with Gasteiger partial charge in [0.25, 0.3) is 0 Å². The number of benzene rings is 2. The fourth-order valence-corrected chi connectivity index (χ4v) is 4.00. The summed E-state index contributed by atoms with van der Waals surface area (Å²) in [6, 6.07) is 15.3. The highest BCUT2D eigenvalue weighted by molar-refractivity contribution is 7.99. The first kappa shape index (κ1) is 16.9. The van der Waals surface area contributed by atoms with Gasteiger partial charge in [0.15, 0.2) is 0 Å². The highest BCUT2D eigenvalue weighted by Gasteiger charge is 2.16. The Hall–Kier alpha value is -1.93. The number of rotatable bonds is 5. The molecule has 3 nitrogen and oxygen atoms in total. The molecule has 24 heavy (non-hydrogen) atoms. The first-order chi connectivity index (χ1) is 11.7. The van der Waals surface area contributed by atoms with Crippen LogP contribution in [0.4, 0.5) is 0 Å². The van der Waals surface area contributed by atoms with Crippen LogP contribution in [0.5, 0.6) is 0 Å². The van der Waals surface area contributed by atoms with Gasteiger partial charge in [-0.05, 0) is 35.9 Å². The van der Waals surface area contributed by atoms with E-state index in [2.05, 4.69) is 11.1 Å². The zero-order valence-corrected chi connectivity index (χ0v) is 14.9. The number of hydrogen-bond acceptors (Lipinski definition) is 3. The second-order valence-electron chi connectivity index (χ2n) is 5.17. The fraction of sp³-hybridized carbons (Fsp3) is 0.111. The van der Waals surface area contributed by atoms with E-state index in [9.17, 15) is 0 Å². The van der Waals surface area contributed by atoms with Crippen LogP contribution in [-0.4, -0.2) is 9.55 Å². The van der Waals surface area contributed by atoms with E-state index < -0.39 is 0 Å². The third kappa shape index (κ3) is 4.12. The van der Waals surface area contributed by atoms with Crippen LogP contribution in [0.15, 0.2) is 66.1 Å². The fourth-order valence-electron chi connectivity index (χ4n) is 2.29. The molecule has 0 saturated carbocycles. The highest BCUT2D eigenvalue weighted by atomic mass is 35.5. The molecule has 1 aromatic heterocycles. The number of hydrogen-bond donors (Lipinski definition) is 0. The van der Waals surface area contributed by atoms with Gasteiger partial charge in [-0.3, -0.25) is 0 Å². The lowest BCUT2D eigenvalue weighted by Gasteiger charge is -2.18.